The fraction of sp³-hybridized carbons (Fsp3) is 0.0357. The number of aromatic carboxylic acids is 1. The molecule has 4 aromatic rings. The average Bonchev–Trinajstić information content (AvgIpc) is 2.86. The number of hydrogen-bond donors (Lipinski definition) is 2. The van der Waals surface area contributed by atoms with Crippen LogP contribution < -0.4 is 15.7 Å². The lowest BCUT2D eigenvalue weighted by molar-refractivity contribution is -0.255. The van der Waals surface area contributed by atoms with Crippen molar-refractivity contribution >= 4 is 29.2 Å². The van der Waals surface area contributed by atoms with Crippen molar-refractivity contribution in [3.05, 3.63) is 131 Å². The van der Waals surface area contributed by atoms with Crippen LogP contribution in [0.4, 0.5) is 11.4 Å². The van der Waals surface area contributed by atoms with Gasteiger partial charge < -0.3 is 20.5 Å². The number of carbonyl (C=O) groups is 3. The van der Waals surface area contributed by atoms with E-state index in [0.29, 0.717) is 16.9 Å². The molecule has 0 saturated carbocycles. The van der Waals surface area contributed by atoms with E-state index in [1.165, 1.54) is 18.2 Å². The second-order valence-electron chi connectivity index (χ2n) is 7.64. The van der Waals surface area contributed by atoms with Gasteiger partial charge in [0.2, 0.25) is 5.91 Å². The fourth-order valence-corrected chi connectivity index (χ4v) is 3.63. The minimum absolute atomic E-state index is 0.0257. The molecule has 0 aliphatic heterocycles. The van der Waals surface area contributed by atoms with Gasteiger partial charge in [-0.1, -0.05) is 72.8 Å². The highest BCUT2D eigenvalue weighted by molar-refractivity contribution is 6.05. The Balaban J connectivity index is 1.48. The van der Waals surface area contributed by atoms with Gasteiger partial charge in [0.1, 0.15) is 0 Å². The van der Waals surface area contributed by atoms with Crippen LogP contribution in [-0.2, 0) is 4.79 Å². The van der Waals surface area contributed by atoms with Gasteiger partial charge in [-0.05, 0) is 53.1 Å². The molecule has 0 bridgehead atoms. The zero-order chi connectivity index (χ0) is 23.9. The second kappa shape index (κ2) is 10.3. The van der Waals surface area contributed by atoms with Gasteiger partial charge in [-0.3, -0.25) is 9.59 Å². The highest BCUT2D eigenvalue weighted by Gasteiger charge is 2.22. The topological polar surface area (TPSA) is 98.3 Å². The SMILES string of the molecule is O=C([O-])c1cccc(NC(=O)c2ccc(NC(=O)C(c3ccccc3)c3ccccc3)cc2)c1. The summed E-state index contributed by atoms with van der Waals surface area (Å²) in [7, 11) is 0. The molecule has 2 N–H and O–H groups in total. The smallest absolute Gasteiger partial charge is 0.255 e. The number of anilines is 2. The zero-order valence-corrected chi connectivity index (χ0v) is 18.1. The standard InChI is InChI=1S/C28H22N2O4/c31-26(30-24-13-7-12-22(18-24)28(33)34)21-14-16-23(17-15-21)29-27(32)25(19-8-3-1-4-9-19)20-10-5-2-6-11-20/h1-18,25H,(H,29,32)(H,30,31)(H,33,34)/p-1. The van der Waals surface area contributed by atoms with E-state index in [1.807, 2.05) is 60.7 Å². The largest absolute Gasteiger partial charge is 0.545 e. The van der Waals surface area contributed by atoms with Crippen molar-refractivity contribution in [2.45, 2.75) is 5.92 Å². The molecule has 0 spiro atoms. The van der Waals surface area contributed by atoms with Crippen LogP contribution in [-0.4, -0.2) is 17.8 Å². The fourth-order valence-electron chi connectivity index (χ4n) is 3.63. The van der Waals surface area contributed by atoms with Crippen molar-refractivity contribution in [3.8, 4) is 0 Å². The summed E-state index contributed by atoms with van der Waals surface area (Å²) in [6, 6.07) is 31.4. The molecule has 34 heavy (non-hydrogen) atoms. The summed E-state index contributed by atoms with van der Waals surface area (Å²) >= 11 is 0. The van der Waals surface area contributed by atoms with Crippen molar-refractivity contribution in [3.63, 3.8) is 0 Å². The van der Waals surface area contributed by atoms with E-state index in [1.54, 1.807) is 30.3 Å². The van der Waals surface area contributed by atoms with E-state index < -0.39 is 17.8 Å². The third-order valence-electron chi connectivity index (χ3n) is 5.30. The predicted octanol–water partition coefficient (Wildman–Crippen LogP) is 4.07. The molecular formula is C28H21N2O4-. The van der Waals surface area contributed by atoms with Crippen molar-refractivity contribution in [1.82, 2.24) is 0 Å². The summed E-state index contributed by atoms with van der Waals surface area (Å²) in [6.07, 6.45) is 0. The van der Waals surface area contributed by atoms with Crippen molar-refractivity contribution in [2.75, 3.05) is 10.6 Å². The summed E-state index contributed by atoms with van der Waals surface area (Å²) in [5, 5.41) is 16.6. The highest BCUT2D eigenvalue weighted by atomic mass is 16.4. The summed E-state index contributed by atoms with van der Waals surface area (Å²) in [5.74, 6) is -2.39. The Morgan fingerprint density at radius 1 is 0.588 bits per heavy atom. The number of benzene rings is 4. The van der Waals surface area contributed by atoms with E-state index >= 15 is 0 Å². The first kappa shape index (κ1) is 22.5. The first-order chi connectivity index (χ1) is 16.5. The minimum Gasteiger partial charge on any atom is -0.545 e. The third kappa shape index (κ3) is 5.37. The molecule has 0 atom stereocenters. The van der Waals surface area contributed by atoms with Crippen LogP contribution in [0.5, 0.6) is 0 Å². The highest BCUT2D eigenvalue weighted by Crippen LogP contribution is 2.26. The van der Waals surface area contributed by atoms with Crippen molar-refractivity contribution in [2.24, 2.45) is 0 Å². The molecule has 0 aromatic heterocycles. The Bertz CT molecular complexity index is 1260. The van der Waals surface area contributed by atoms with Gasteiger partial charge in [0, 0.05) is 16.9 Å². The molecule has 6 heteroatoms. The normalized spacial score (nSPS) is 10.5. The van der Waals surface area contributed by atoms with Gasteiger partial charge in [0.05, 0.1) is 11.9 Å². The number of nitrogens with one attached hydrogen (secondary N) is 2. The maximum atomic E-state index is 13.2. The zero-order valence-electron chi connectivity index (χ0n) is 18.1. The van der Waals surface area contributed by atoms with Gasteiger partial charge in [0.25, 0.3) is 5.91 Å². The maximum absolute atomic E-state index is 13.2. The number of carbonyl (C=O) groups excluding carboxylic acids is 3. The molecule has 4 aromatic carbocycles. The van der Waals surface area contributed by atoms with Crippen molar-refractivity contribution < 1.29 is 19.5 Å². The van der Waals surface area contributed by atoms with Crippen LogP contribution in [0.1, 0.15) is 37.8 Å². The lowest BCUT2D eigenvalue weighted by Crippen LogP contribution is -2.22. The van der Waals surface area contributed by atoms with Crippen LogP contribution in [0.25, 0.3) is 0 Å². The number of amides is 2. The molecule has 2 amide bonds. The van der Waals surface area contributed by atoms with Gasteiger partial charge in [-0.2, -0.15) is 0 Å². The molecule has 0 radical (unpaired) electrons. The molecule has 0 aliphatic carbocycles. The van der Waals surface area contributed by atoms with E-state index in [0.717, 1.165) is 11.1 Å². The van der Waals surface area contributed by atoms with Crippen molar-refractivity contribution in [1.29, 1.82) is 0 Å². The summed E-state index contributed by atoms with van der Waals surface area (Å²) in [4.78, 5) is 36.8. The molecule has 0 fully saturated rings. The van der Waals surface area contributed by atoms with Gasteiger partial charge in [0.15, 0.2) is 0 Å². The van der Waals surface area contributed by atoms with Crippen LogP contribution >= 0.6 is 0 Å². The first-order valence-electron chi connectivity index (χ1n) is 10.6. The van der Waals surface area contributed by atoms with Gasteiger partial charge >= 0.3 is 0 Å². The molecule has 168 valence electrons. The minimum atomic E-state index is -1.32. The molecule has 0 heterocycles. The molecule has 4 rings (SSSR count). The Kier molecular flexibility index (Phi) is 6.79. The molecule has 0 aliphatic rings. The Labute approximate surface area is 196 Å². The summed E-state index contributed by atoms with van der Waals surface area (Å²) < 4.78 is 0. The summed E-state index contributed by atoms with van der Waals surface area (Å²) in [5.41, 5.74) is 2.98. The van der Waals surface area contributed by atoms with Gasteiger partial charge in [-0.15, -0.1) is 0 Å². The summed E-state index contributed by atoms with van der Waals surface area (Å²) in [6.45, 7) is 0. The van der Waals surface area contributed by atoms with Crippen LogP contribution in [0.15, 0.2) is 109 Å². The second-order valence-corrected chi connectivity index (χ2v) is 7.64. The maximum Gasteiger partial charge on any atom is 0.255 e. The van der Waals surface area contributed by atoms with E-state index in [-0.39, 0.29) is 11.5 Å². The average molecular weight is 449 g/mol. The lowest BCUT2D eigenvalue weighted by Gasteiger charge is -2.18. The number of carboxylic acid groups (broad SMARTS) is 1. The van der Waals surface area contributed by atoms with E-state index in [2.05, 4.69) is 10.6 Å². The van der Waals surface area contributed by atoms with E-state index in [4.69, 9.17) is 0 Å². The predicted molar refractivity (Wildman–Crippen MR) is 129 cm³/mol. The van der Waals surface area contributed by atoms with E-state index in [9.17, 15) is 19.5 Å². The quantitative estimate of drug-likeness (QED) is 0.444. The molecule has 6 nitrogen and oxygen atoms in total. The first-order valence-corrected chi connectivity index (χ1v) is 10.6. The molecular weight excluding hydrogens is 428 g/mol. The Morgan fingerprint density at radius 2 is 1.18 bits per heavy atom. The molecule has 0 unspecified atom stereocenters. The number of carboxylic acids is 1. The lowest BCUT2D eigenvalue weighted by atomic mass is 9.90. The third-order valence-corrected chi connectivity index (χ3v) is 5.30. The monoisotopic (exact) mass is 449 g/mol. The van der Waals surface area contributed by atoms with Crippen LogP contribution in [0.2, 0.25) is 0 Å². The Hall–Kier alpha value is -4.71. The Morgan fingerprint density at radius 3 is 1.74 bits per heavy atom. The van der Waals surface area contributed by atoms with Crippen LogP contribution in [0, 0.1) is 0 Å². The molecule has 0 saturated heterocycles. The number of rotatable bonds is 7. The van der Waals surface area contributed by atoms with Crippen LogP contribution in [0.3, 0.4) is 0 Å². The number of hydrogen-bond acceptors (Lipinski definition) is 4. The van der Waals surface area contributed by atoms with Gasteiger partial charge in [-0.25, -0.2) is 0 Å².